The topological polar surface area (TPSA) is 46.5 Å². The largest absolute Gasteiger partial charge is 0.345 e. The second-order valence-corrected chi connectivity index (χ2v) is 4.20. The minimum Gasteiger partial charge on any atom is -0.301 e. The molecular formula is C9H16O3. The quantitative estimate of drug-likeness (QED) is 0.487. The Balaban J connectivity index is 2.66. The van der Waals surface area contributed by atoms with Crippen LogP contribution in [0.2, 0.25) is 0 Å². The maximum absolute atomic E-state index is 11.1. The molecule has 3 heteroatoms. The van der Waals surface area contributed by atoms with Gasteiger partial charge in [0.2, 0.25) is 0 Å². The summed E-state index contributed by atoms with van der Waals surface area (Å²) in [4.78, 5) is 14.9. The van der Waals surface area contributed by atoms with Crippen LogP contribution in [0.1, 0.15) is 39.5 Å². The fourth-order valence-electron chi connectivity index (χ4n) is 1.99. The minimum absolute atomic E-state index is 0.0158. The van der Waals surface area contributed by atoms with E-state index in [1.807, 2.05) is 13.8 Å². The van der Waals surface area contributed by atoms with E-state index in [0.29, 0.717) is 0 Å². The lowest BCUT2D eigenvalue weighted by Crippen LogP contribution is -2.34. The lowest BCUT2D eigenvalue weighted by Gasteiger charge is -2.35. The average Bonchev–Trinajstić information content (AvgIpc) is 2.02. The molecular weight excluding hydrogens is 156 g/mol. The molecule has 1 unspecified atom stereocenters. The summed E-state index contributed by atoms with van der Waals surface area (Å²) < 4.78 is 0. The summed E-state index contributed by atoms with van der Waals surface area (Å²) in [6, 6.07) is 0. The van der Waals surface area contributed by atoms with E-state index < -0.39 is 5.97 Å². The SMILES string of the molecule is CC1(C)CCCCC1C(=O)OO. The van der Waals surface area contributed by atoms with Crippen LogP contribution in [0.15, 0.2) is 0 Å². The van der Waals surface area contributed by atoms with Crippen molar-refractivity contribution in [2.45, 2.75) is 39.5 Å². The maximum atomic E-state index is 11.1. The molecule has 0 saturated heterocycles. The van der Waals surface area contributed by atoms with Gasteiger partial charge in [0.05, 0.1) is 5.92 Å². The van der Waals surface area contributed by atoms with Crippen molar-refractivity contribution in [3.05, 3.63) is 0 Å². The Morgan fingerprint density at radius 2 is 2.17 bits per heavy atom. The normalized spacial score (nSPS) is 28.1. The predicted octanol–water partition coefficient (Wildman–Crippen LogP) is 2.22. The van der Waals surface area contributed by atoms with Crippen LogP contribution in [0.4, 0.5) is 0 Å². The summed E-state index contributed by atoms with van der Waals surface area (Å²) in [5.41, 5.74) is -0.0158. The van der Waals surface area contributed by atoms with E-state index in [4.69, 9.17) is 5.26 Å². The molecule has 1 aliphatic rings. The van der Waals surface area contributed by atoms with Gasteiger partial charge < -0.3 is 4.89 Å². The summed E-state index contributed by atoms with van der Waals surface area (Å²) in [5, 5.41) is 8.27. The summed E-state index contributed by atoms with van der Waals surface area (Å²) in [6.07, 6.45) is 4.10. The zero-order valence-electron chi connectivity index (χ0n) is 7.67. The minimum atomic E-state index is -0.472. The van der Waals surface area contributed by atoms with Gasteiger partial charge in [-0.25, -0.2) is 4.79 Å². The van der Waals surface area contributed by atoms with E-state index >= 15 is 0 Å². The van der Waals surface area contributed by atoms with Gasteiger partial charge >= 0.3 is 5.97 Å². The third-order valence-electron chi connectivity index (χ3n) is 2.88. The molecule has 0 heterocycles. The highest BCUT2D eigenvalue weighted by Crippen LogP contribution is 2.40. The van der Waals surface area contributed by atoms with Crippen molar-refractivity contribution in [2.24, 2.45) is 11.3 Å². The molecule has 12 heavy (non-hydrogen) atoms. The van der Waals surface area contributed by atoms with E-state index in [9.17, 15) is 4.79 Å². The van der Waals surface area contributed by atoms with Gasteiger partial charge in [0.25, 0.3) is 0 Å². The van der Waals surface area contributed by atoms with Gasteiger partial charge in [-0.1, -0.05) is 26.7 Å². The van der Waals surface area contributed by atoms with Crippen LogP contribution in [0.3, 0.4) is 0 Å². The predicted molar refractivity (Wildman–Crippen MR) is 44.5 cm³/mol. The Labute approximate surface area is 72.7 Å². The van der Waals surface area contributed by atoms with Crippen molar-refractivity contribution in [1.82, 2.24) is 0 Å². The Morgan fingerprint density at radius 1 is 1.50 bits per heavy atom. The van der Waals surface area contributed by atoms with Crippen LogP contribution in [0, 0.1) is 11.3 Å². The van der Waals surface area contributed by atoms with Gasteiger partial charge in [0.15, 0.2) is 0 Å². The van der Waals surface area contributed by atoms with Crippen LogP contribution in [0.25, 0.3) is 0 Å². The highest BCUT2D eigenvalue weighted by molar-refractivity contribution is 5.72. The molecule has 0 aliphatic heterocycles. The first kappa shape index (κ1) is 9.52. The second-order valence-electron chi connectivity index (χ2n) is 4.20. The van der Waals surface area contributed by atoms with Crippen LogP contribution in [-0.2, 0) is 9.68 Å². The smallest absolute Gasteiger partial charge is 0.301 e. The molecule has 0 aromatic carbocycles. The Kier molecular flexibility index (Phi) is 2.73. The number of carbonyl (C=O) groups is 1. The first-order chi connectivity index (χ1) is 5.58. The third-order valence-corrected chi connectivity index (χ3v) is 2.88. The summed E-state index contributed by atoms with van der Waals surface area (Å²) in [7, 11) is 0. The molecule has 1 atom stereocenters. The van der Waals surface area contributed by atoms with Crippen LogP contribution in [0.5, 0.6) is 0 Å². The van der Waals surface area contributed by atoms with Gasteiger partial charge in [-0.3, -0.25) is 0 Å². The van der Waals surface area contributed by atoms with E-state index in [1.165, 1.54) is 6.42 Å². The summed E-state index contributed by atoms with van der Waals surface area (Å²) >= 11 is 0. The van der Waals surface area contributed by atoms with Crippen LogP contribution in [-0.4, -0.2) is 11.2 Å². The number of rotatable bonds is 1. The number of hydrogen-bond acceptors (Lipinski definition) is 3. The van der Waals surface area contributed by atoms with E-state index in [2.05, 4.69) is 4.89 Å². The second kappa shape index (κ2) is 3.44. The molecule has 1 aliphatic carbocycles. The molecule has 1 saturated carbocycles. The Hall–Kier alpha value is -0.570. The summed E-state index contributed by atoms with van der Waals surface area (Å²) in [5.74, 6) is -0.601. The Morgan fingerprint density at radius 3 is 2.67 bits per heavy atom. The van der Waals surface area contributed by atoms with Crippen molar-refractivity contribution in [2.75, 3.05) is 0 Å². The molecule has 0 spiro atoms. The highest BCUT2D eigenvalue weighted by Gasteiger charge is 2.38. The average molecular weight is 172 g/mol. The van der Waals surface area contributed by atoms with Gasteiger partial charge in [-0.2, -0.15) is 5.26 Å². The monoisotopic (exact) mass is 172 g/mol. The molecule has 3 nitrogen and oxygen atoms in total. The van der Waals surface area contributed by atoms with Gasteiger partial charge in [-0.15, -0.1) is 0 Å². The van der Waals surface area contributed by atoms with Gasteiger partial charge in [0, 0.05) is 0 Å². The first-order valence-electron chi connectivity index (χ1n) is 4.43. The molecule has 70 valence electrons. The number of hydrogen-bond donors (Lipinski definition) is 1. The fraction of sp³-hybridized carbons (Fsp3) is 0.889. The van der Waals surface area contributed by atoms with Crippen molar-refractivity contribution < 1.29 is 14.9 Å². The number of carbonyl (C=O) groups excluding carboxylic acids is 1. The van der Waals surface area contributed by atoms with Crippen LogP contribution >= 0.6 is 0 Å². The van der Waals surface area contributed by atoms with E-state index in [1.54, 1.807) is 0 Å². The van der Waals surface area contributed by atoms with Crippen LogP contribution < -0.4 is 0 Å². The first-order valence-corrected chi connectivity index (χ1v) is 4.43. The van der Waals surface area contributed by atoms with E-state index in [-0.39, 0.29) is 11.3 Å². The zero-order valence-corrected chi connectivity index (χ0v) is 7.67. The molecule has 0 aromatic heterocycles. The van der Waals surface area contributed by atoms with Gasteiger partial charge in [0.1, 0.15) is 0 Å². The molecule has 1 fully saturated rings. The molecule has 0 radical (unpaired) electrons. The molecule has 1 N–H and O–H groups in total. The third kappa shape index (κ3) is 1.78. The Bertz CT molecular complexity index is 175. The standard InChI is InChI=1S/C9H16O3/c1-9(2)6-4-3-5-7(9)8(10)12-11/h7,11H,3-6H2,1-2H3. The molecule has 0 aromatic rings. The van der Waals surface area contributed by atoms with Crippen molar-refractivity contribution in [1.29, 1.82) is 0 Å². The lowest BCUT2D eigenvalue weighted by atomic mass is 9.69. The highest BCUT2D eigenvalue weighted by atomic mass is 17.1. The summed E-state index contributed by atoms with van der Waals surface area (Å²) in [6.45, 7) is 4.10. The van der Waals surface area contributed by atoms with E-state index in [0.717, 1.165) is 19.3 Å². The molecule has 0 bridgehead atoms. The zero-order chi connectivity index (χ0) is 9.19. The lowest BCUT2D eigenvalue weighted by molar-refractivity contribution is -0.243. The maximum Gasteiger partial charge on any atom is 0.345 e. The molecule has 0 amide bonds. The van der Waals surface area contributed by atoms with Crippen molar-refractivity contribution in [3.8, 4) is 0 Å². The molecule has 1 rings (SSSR count). The van der Waals surface area contributed by atoms with Gasteiger partial charge in [-0.05, 0) is 18.3 Å². The fourth-order valence-corrected chi connectivity index (χ4v) is 1.99. The van der Waals surface area contributed by atoms with Crippen molar-refractivity contribution in [3.63, 3.8) is 0 Å². The van der Waals surface area contributed by atoms with Crippen molar-refractivity contribution >= 4 is 5.97 Å².